The summed E-state index contributed by atoms with van der Waals surface area (Å²) < 4.78 is 7.03. The molecule has 3 aromatic heterocycles. The SMILES string of the molecule is COC(=O)C(C)(C)C(c1cnc(C)c(CO)c1)c1ccn2c(C)nnc2c1C. The lowest BCUT2D eigenvalue weighted by atomic mass is 9.70. The second-order valence-corrected chi connectivity index (χ2v) is 7.65. The highest BCUT2D eigenvalue weighted by molar-refractivity contribution is 5.78. The summed E-state index contributed by atoms with van der Waals surface area (Å²) in [5.41, 5.74) is 4.12. The van der Waals surface area contributed by atoms with Crippen LogP contribution in [0.1, 0.15) is 53.5 Å². The van der Waals surface area contributed by atoms with Crippen LogP contribution in [0.5, 0.6) is 0 Å². The van der Waals surface area contributed by atoms with Gasteiger partial charge in [-0.3, -0.25) is 14.2 Å². The molecule has 1 atom stereocenters. The van der Waals surface area contributed by atoms with E-state index >= 15 is 0 Å². The maximum atomic E-state index is 12.7. The number of methoxy groups -OCH3 is 1. The van der Waals surface area contributed by atoms with Crippen LogP contribution in [0.4, 0.5) is 0 Å². The minimum absolute atomic E-state index is 0.112. The van der Waals surface area contributed by atoms with Gasteiger partial charge in [-0.1, -0.05) is 0 Å². The van der Waals surface area contributed by atoms with Crippen molar-refractivity contribution in [2.45, 2.75) is 47.1 Å². The summed E-state index contributed by atoms with van der Waals surface area (Å²) in [7, 11) is 1.39. The van der Waals surface area contributed by atoms with E-state index in [2.05, 4.69) is 15.2 Å². The van der Waals surface area contributed by atoms with Gasteiger partial charge < -0.3 is 9.84 Å². The number of hydrogen-bond acceptors (Lipinski definition) is 6. The Morgan fingerprint density at radius 3 is 2.64 bits per heavy atom. The van der Waals surface area contributed by atoms with Gasteiger partial charge in [0.15, 0.2) is 5.65 Å². The number of pyridine rings is 2. The summed E-state index contributed by atoms with van der Waals surface area (Å²) in [6.45, 7) is 9.34. The molecule has 0 radical (unpaired) electrons. The molecule has 3 heterocycles. The van der Waals surface area contributed by atoms with Crippen molar-refractivity contribution < 1.29 is 14.6 Å². The van der Waals surface area contributed by atoms with E-state index in [4.69, 9.17) is 4.74 Å². The average Bonchev–Trinajstić information content (AvgIpc) is 3.05. The van der Waals surface area contributed by atoms with Gasteiger partial charge in [-0.05, 0) is 69.0 Å². The molecule has 0 spiro atoms. The van der Waals surface area contributed by atoms with Crippen molar-refractivity contribution in [2.75, 3.05) is 7.11 Å². The fourth-order valence-corrected chi connectivity index (χ4v) is 3.81. The van der Waals surface area contributed by atoms with Crippen molar-refractivity contribution in [3.8, 4) is 0 Å². The van der Waals surface area contributed by atoms with E-state index in [1.54, 1.807) is 6.20 Å². The van der Waals surface area contributed by atoms with Crippen molar-refractivity contribution in [2.24, 2.45) is 5.41 Å². The zero-order chi connectivity index (χ0) is 20.6. The lowest BCUT2D eigenvalue weighted by Gasteiger charge is -2.33. The van der Waals surface area contributed by atoms with E-state index in [0.29, 0.717) is 0 Å². The molecule has 7 nitrogen and oxygen atoms in total. The Labute approximate surface area is 164 Å². The molecule has 1 unspecified atom stereocenters. The first kappa shape index (κ1) is 19.9. The highest BCUT2D eigenvalue weighted by Gasteiger charge is 2.41. The molecule has 28 heavy (non-hydrogen) atoms. The van der Waals surface area contributed by atoms with Crippen LogP contribution < -0.4 is 0 Å². The molecule has 7 heteroatoms. The first-order chi connectivity index (χ1) is 13.2. The third-order valence-corrected chi connectivity index (χ3v) is 5.50. The van der Waals surface area contributed by atoms with Crippen LogP contribution in [0.25, 0.3) is 5.65 Å². The van der Waals surface area contributed by atoms with E-state index in [0.717, 1.165) is 39.4 Å². The third kappa shape index (κ3) is 3.16. The van der Waals surface area contributed by atoms with Crippen molar-refractivity contribution in [1.29, 1.82) is 0 Å². The van der Waals surface area contributed by atoms with Gasteiger partial charge >= 0.3 is 5.97 Å². The largest absolute Gasteiger partial charge is 0.469 e. The number of aliphatic hydroxyl groups is 1. The summed E-state index contributed by atoms with van der Waals surface area (Å²) in [6, 6.07) is 3.91. The summed E-state index contributed by atoms with van der Waals surface area (Å²) >= 11 is 0. The van der Waals surface area contributed by atoms with Crippen LogP contribution in [0, 0.1) is 26.2 Å². The van der Waals surface area contributed by atoms with Crippen LogP contribution in [0.3, 0.4) is 0 Å². The molecular weight excluding hydrogens is 356 g/mol. The number of aryl methyl sites for hydroxylation is 3. The number of hydrogen-bond donors (Lipinski definition) is 1. The molecule has 0 saturated carbocycles. The predicted molar refractivity (Wildman–Crippen MR) is 105 cm³/mol. The number of esters is 1. The highest BCUT2D eigenvalue weighted by Crippen LogP contribution is 2.43. The molecule has 0 amide bonds. The number of carbonyl (C=O) groups is 1. The van der Waals surface area contributed by atoms with E-state index in [9.17, 15) is 9.90 Å². The number of carbonyl (C=O) groups excluding carboxylic acids is 1. The fraction of sp³-hybridized carbons (Fsp3) is 0.429. The zero-order valence-electron chi connectivity index (χ0n) is 17.1. The summed E-state index contributed by atoms with van der Waals surface area (Å²) in [5.74, 6) is 0.147. The molecule has 0 aliphatic rings. The number of ether oxygens (including phenoxy) is 1. The van der Waals surface area contributed by atoms with Crippen molar-refractivity contribution in [3.63, 3.8) is 0 Å². The molecular formula is C21H26N4O3. The third-order valence-electron chi connectivity index (χ3n) is 5.50. The Balaban J connectivity index is 2.28. The lowest BCUT2D eigenvalue weighted by Crippen LogP contribution is -2.34. The Morgan fingerprint density at radius 2 is 2.00 bits per heavy atom. The molecule has 3 rings (SSSR count). The van der Waals surface area contributed by atoms with E-state index in [1.807, 2.05) is 57.3 Å². The quantitative estimate of drug-likeness (QED) is 0.683. The summed E-state index contributed by atoms with van der Waals surface area (Å²) in [4.78, 5) is 17.1. The standard InChI is InChI=1S/C21H26N4O3/c1-12-17(7-8-25-14(3)23-24-19(12)25)18(21(4,5)20(27)28-6)15-9-16(11-26)13(2)22-10-15/h7-10,18,26H,11H2,1-6H3. The van der Waals surface area contributed by atoms with Crippen molar-refractivity contribution >= 4 is 11.6 Å². The Hall–Kier alpha value is -2.80. The molecule has 0 bridgehead atoms. The normalized spacial score (nSPS) is 13.0. The first-order valence-corrected chi connectivity index (χ1v) is 9.17. The van der Waals surface area contributed by atoms with Crippen LogP contribution in [0.15, 0.2) is 24.5 Å². The molecule has 0 aliphatic carbocycles. The minimum atomic E-state index is -0.865. The van der Waals surface area contributed by atoms with E-state index in [-0.39, 0.29) is 18.5 Å². The van der Waals surface area contributed by atoms with Crippen LogP contribution in [-0.4, -0.2) is 37.8 Å². The fourth-order valence-electron chi connectivity index (χ4n) is 3.81. The Kier molecular flexibility index (Phi) is 5.21. The molecule has 0 saturated heterocycles. The van der Waals surface area contributed by atoms with Gasteiger partial charge in [0, 0.05) is 24.0 Å². The molecule has 1 N–H and O–H groups in total. The monoisotopic (exact) mass is 382 g/mol. The first-order valence-electron chi connectivity index (χ1n) is 9.17. The number of rotatable bonds is 5. The van der Waals surface area contributed by atoms with Gasteiger partial charge in [0.2, 0.25) is 0 Å². The molecule has 0 aromatic carbocycles. The van der Waals surface area contributed by atoms with E-state index in [1.165, 1.54) is 7.11 Å². The summed E-state index contributed by atoms with van der Waals surface area (Å²) in [5, 5.41) is 18.1. The van der Waals surface area contributed by atoms with Gasteiger partial charge in [-0.25, -0.2) is 0 Å². The van der Waals surface area contributed by atoms with Crippen LogP contribution in [-0.2, 0) is 16.1 Å². The molecule has 0 fully saturated rings. The van der Waals surface area contributed by atoms with Crippen LogP contribution >= 0.6 is 0 Å². The minimum Gasteiger partial charge on any atom is -0.469 e. The topological polar surface area (TPSA) is 89.6 Å². The maximum absolute atomic E-state index is 12.7. The zero-order valence-corrected chi connectivity index (χ0v) is 17.1. The Bertz CT molecular complexity index is 1040. The van der Waals surface area contributed by atoms with Gasteiger partial charge in [0.1, 0.15) is 5.82 Å². The highest BCUT2D eigenvalue weighted by atomic mass is 16.5. The number of aromatic nitrogens is 4. The maximum Gasteiger partial charge on any atom is 0.312 e. The number of fused-ring (bicyclic) bond motifs is 1. The van der Waals surface area contributed by atoms with Crippen LogP contribution in [0.2, 0.25) is 0 Å². The number of aliphatic hydroxyl groups excluding tert-OH is 1. The van der Waals surface area contributed by atoms with Gasteiger partial charge in [0.25, 0.3) is 0 Å². The van der Waals surface area contributed by atoms with Gasteiger partial charge in [0.05, 0.1) is 19.1 Å². The smallest absolute Gasteiger partial charge is 0.312 e. The lowest BCUT2D eigenvalue weighted by molar-refractivity contribution is -0.151. The summed E-state index contributed by atoms with van der Waals surface area (Å²) in [6.07, 6.45) is 3.69. The van der Waals surface area contributed by atoms with Crippen molar-refractivity contribution in [3.05, 3.63) is 58.3 Å². The molecule has 148 valence electrons. The molecule has 3 aromatic rings. The second-order valence-electron chi connectivity index (χ2n) is 7.65. The van der Waals surface area contributed by atoms with E-state index < -0.39 is 5.41 Å². The average molecular weight is 382 g/mol. The number of nitrogens with zero attached hydrogens (tertiary/aromatic N) is 4. The second kappa shape index (κ2) is 7.31. The molecule has 0 aliphatic heterocycles. The van der Waals surface area contributed by atoms with Gasteiger partial charge in [-0.15, -0.1) is 10.2 Å². The Morgan fingerprint density at radius 1 is 1.29 bits per heavy atom. The van der Waals surface area contributed by atoms with Gasteiger partial charge in [-0.2, -0.15) is 0 Å². The van der Waals surface area contributed by atoms with Crippen molar-refractivity contribution in [1.82, 2.24) is 19.6 Å². The predicted octanol–water partition coefficient (Wildman–Crippen LogP) is 2.87.